The number of piperazine rings is 1. The van der Waals surface area contributed by atoms with Crippen LogP contribution in [0.3, 0.4) is 0 Å². The normalized spacial score (nSPS) is 21.2. The minimum absolute atomic E-state index is 0.0327. The summed E-state index contributed by atoms with van der Waals surface area (Å²) in [4.78, 5) is 46.1. The fraction of sp³-hybridized carbons (Fsp3) is 0.364. The molecule has 246 valence electrons. The molecule has 2 amide bonds. The molecule has 0 radical (unpaired) electrons. The second-order valence-electron chi connectivity index (χ2n) is 11.7. The number of methoxy groups -OCH3 is 1. The highest BCUT2D eigenvalue weighted by molar-refractivity contribution is 6.37. The molecular weight excluding hydrogens is 653 g/mol. The van der Waals surface area contributed by atoms with Gasteiger partial charge in [-0.2, -0.15) is 5.10 Å². The van der Waals surface area contributed by atoms with Gasteiger partial charge in [-0.1, -0.05) is 17.7 Å². The Hall–Kier alpha value is -4.13. The quantitative estimate of drug-likeness (QED) is 0.363. The van der Waals surface area contributed by atoms with Gasteiger partial charge in [0.05, 0.1) is 28.9 Å². The Balaban J connectivity index is 1.29. The molecule has 3 heterocycles. The third-order valence-electron chi connectivity index (χ3n) is 9.04. The van der Waals surface area contributed by atoms with E-state index in [9.17, 15) is 14.4 Å². The first-order valence-corrected chi connectivity index (χ1v) is 15.9. The van der Waals surface area contributed by atoms with Gasteiger partial charge in [-0.05, 0) is 48.7 Å². The van der Waals surface area contributed by atoms with Crippen LogP contribution in [0.2, 0.25) is 5.02 Å². The molecule has 3 aromatic rings. The standard InChI is InChI=1S/C33H32Cl2F2N6O4/c1-17(44)42-12-14-43(15-13-42)25-9-4-18-16-24(40-32(47-3)26(18)25)19-5-6-21(36)27(29(19)34)28-22(37)7-8-23(30(28)35)39-31(45)20-10-11-38-41(2)33(20)46/h5-8,10-11,16,19,25,29H,4,9,12-15H2,1-3H3,(H,39,45)/t19?,25-,29?/m0/s1. The molecular formula is C33H32Cl2F2N6O4. The summed E-state index contributed by atoms with van der Waals surface area (Å²) in [5, 5.41) is 4.91. The molecule has 3 atom stereocenters. The summed E-state index contributed by atoms with van der Waals surface area (Å²) < 4.78 is 37.8. The van der Waals surface area contributed by atoms with Crippen molar-refractivity contribution in [3.8, 4) is 5.88 Å². The second kappa shape index (κ2) is 13.2. The van der Waals surface area contributed by atoms with E-state index >= 15 is 8.78 Å². The van der Waals surface area contributed by atoms with Crippen LogP contribution in [0.25, 0.3) is 5.57 Å². The number of benzene rings is 1. The average molecular weight is 686 g/mol. The van der Waals surface area contributed by atoms with Crippen LogP contribution in [0.15, 0.2) is 53.2 Å². The number of rotatable bonds is 6. The number of aryl methyl sites for hydroxylation is 2. The van der Waals surface area contributed by atoms with Crippen LogP contribution in [0.4, 0.5) is 14.5 Å². The van der Waals surface area contributed by atoms with E-state index in [1.54, 1.807) is 20.1 Å². The van der Waals surface area contributed by atoms with Gasteiger partial charge in [0.2, 0.25) is 11.8 Å². The summed E-state index contributed by atoms with van der Waals surface area (Å²) in [7, 11) is 2.94. The number of halogens is 4. The van der Waals surface area contributed by atoms with Gasteiger partial charge in [0.25, 0.3) is 11.5 Å². The summed E-state index contributed by atoms with van der Waals surface area (Å²) in [5.41, 5.74) is 1.17. The van der Waals surface area contributed by atoms with Gasteiger partial charge in [0, 0.05) is 75.0 Å². The van der Waals surface area contributed by atoms with E-state index in [1.165, 1.54) is 31.5 Å². The highest BCUT2D eigenvalue weighted by atomic mass is 35.5. The number of hydrogen-bond acceptors (Lipinski definition) is 7. The fourth-order valence-electron chi connectivity index (χ4n) is 6.60. The number of nitrogens with zero attached hydrogens (tertiary/aromatic N) is 5. The van der Waals surface area contributed by atoms with Crippen molar-refractivity contribution in [2.24, 2.45) is 7.05 Å². The van der Waals surface area contributed by atoms with Crippen LogP contribution < -0.4 is 15.6 Å². The van der Waals surface area contributed by atoms with Crippen molar-refractivity contribution >= 4 is 46.3 Å². The summed E-state index contributed by atoms with van der Waals surface area (Å²) in [6, 6.07) is 5.55. The summed E-state index contributed by atoms with van der Waals surface area (Å²) in [6.07, 6.45) is 5.70. The van der Waals surface area contributed by atoms with Crippen molar-refractivity contribution in [2.45, 2.75) is 37.1 Å². The Morgan fingerprint density at radius 2 is 1.87 bits per heavy atom. The van der Waals surface area contributed by atoms with Gasteiger partial charge in [-0.25, -0.2) is 18.4 Å². The largest absolute Gasteiger partial charge is 0.481 e. The van der Waals surface area contributed by atoms with Crippen molar-refractivity contribution < 1.29 is 23.1 Å². The number of nitrogens with one attached hydrogen (secondary N) is 1. The van der Waals surface area contributed by atoms with E-state index in [0.29, 0.717) is 24.7 Å². The van der Waals surface area contributed by atoms with E-state index in [-0.39, 0.29) is 39.4 Å². The SMILES string of the molecule is COc1nc(C2C=CC(F)=C(c3c(F)ccc(NC(=O)c4ccnn(C)c4=O)c3Cl)C2Cl)cc2c1[C@@H](N1CCN(C(C)=O)CC1)CC2. The number of fused-ring (bicyclic) bond motifs is 1. The topological polar surface area (TPSA) is 110 Å². The Labute approximate surface area is 279 Å². The summed E-state index contributed by atoms with van der Waals surface area (Å²) in [5.74, 6) is -2.58. The van der Waals surface area contributed by atoms with E-state index in [0.717, 1.165) is 47.8 Å². The van der Waals surface area contributed by atoms with E-state index in [2.05, 4.69) is 15.3 Å². The molecule has 2 unspecified atom stereocenters. The number of pyridine rings is 1. The molecule has 14 heteroatoms. The number of allylic oxidation sites excluding steroid dienone is 4. The highest BCUT2D eigenvalue weighted by Gasteiger charge is 2.38. The zero-order chi connectivity index (χ0) is 33.6. The van der Waals surface area contributed by atoms with Crippen molar-refractivity contribution in [1.29, 1.82) is 0 Å². The zero-order valence-corrected chi connectivity index (χ0v) is 27.4. The zero-order valence-electron chi connectivity index (χ0n) is 25.9. The molecule has 3 aliphatic rings. The predicted molar refractivity (Wildman–Crippen MR) is 174 cm³/mol. The third kappa shape index (κ3) is 6.05. The van der Waals surface area contributed by atoms with Gasteiger partial charge in [-0.3, -0.25) is 19.3 Å². The molecule has 47 heavy (non-hydrogen) atoms. The van der Waals surface area contributed by atoms with E-state index < -0.39 is 34.4 Å². The lowest BCUT2D eigenvalue weighted by atomic mass is 9.85. The van der Waals surface area contributed by atoms with Gasteiger partial charge < -0.3 is 15.0 Å². The fourth-order valence-corrected chi connectivity index (χ4v) is 7.33. The Kier molecular flexibility index (Phi) is 9.19. The minimum atomic E-state index is -1.13. The molecule has 1 aromatic carbocycles. The number of hydrogen-bond donors (Lipinski definition) is 1. The van der Waals surface area contributed by atoms with Gasteiger partial charge in [0.15, 0.2) is 0 Å². The van der Waals surface area contributed by atoms with Crippen molar-refractivity contribution in [3.05, 3.63) is 97.6 Å². The van der Waals surface area contributed by atoms with Crippen molar-refractivity contribution in [1.82, 2.24) is 24.6 Å². The first kappa shape index (κ1) is 32.8. The van der Waals surface area contributed by atoms with Gasteiger partial charge in [-0.15, -0.1) is 11.6 Å². The monoisotopic (exact) mass is 684 g/mol. The second-order valence-corrected chi connectivity index (χ2v) is 12.5. The highest BCUT2D eigenvalue weighted by Crippen LogP contribution is 2.47. The van der Waals surface area contributed by atoms with Crippen LogP contribution in [0, 0.1) is 5.82 Å². The molecule has 2 aliphatic carbocycles. The Morgan fingerprint density at radius 1 is 1.13 bits per heavy atom. The number of carbonyl (C=O) groups excluding carboxylic acids is 2. The van der Waals surface area contributed by atoms with E-state index in [1.807, 2.05) is 11.0 Å². The Bertz CT molecular complexity index is 1890. The number of aromatic nitrogens is 3. The number of ether oxygens (including phenoxy) is 1. The van der Waals surface area contributed by atoms with Crippen LogP contribution in [-0.4, -0.2) is 75.0 Å². The summed E-state index contributed by atoms with van der Waals surface area (Å²) >= 11 is 13.6. The number of amides is 2. The molecule has 1 saturated heterocycles. The molecule has 1 aliphatic heterocycles. The molecule has 0 spiro atoms. The maximum Gasteiger partial charge on any atom is 0.279 e. The molecule has 1 fully saturated rings. The van der Waals surface area contributed by atoms with E-state index in [4.69, 9.17) is 32.9 Å². The lowest BCUT2D eigenvalue weighted by Crippen LogP contribution is -2.48. The number of alkyl halides is 1. The average Bonchev–Trinajstić information content (AvgIpc) is 3.49. The van der Waals surface area contributed by atoms with Gasteiger partial charge in [0.1, 0.15) is 17.2 Å². The molecule has 6 rings (SSSR count). The lowest BCUT2D eigenvalue weighted by Gasteiger charge is -2.38. The first-order valence-electron chi connectivity index (χ1n) is 15.1. The molecule has 2 aromatic heterocycles. The third-order valence-corrected chi connectivity index (χ3v) is 9.92. The minimum Gasteiger partial charge on any atom is -0.481 e. The van der Waals surface area contributed by atoms with Crippen LogP contribution >= 0.6 is 23.2 Å². The predicted octanol–water partition coefficient (Wildman–Crippen LogP) is 5.02. The lowest BCUT2D eigenvalue weighted by molar-refractivity contribution is -0.130. The molecule has 1 N–H and O–H groups in total. The first-order chi connectivity index (χ1) is 22.5. The molecule has 0 bridgehead atoms. The smallest absolute Gasteiger partial charge is 0.279 e. The summed E-state index contributed by atoms with van der Waals surface area (Å²) in [6.45, 7) is 4.37. The maximum absolute atomic E-state index is 15.6. The maximum atomic E-state index is 15.6. The molecule has 10 nitrogen and oxygen atoms in total. The van der Waals surface area contributed by atoms with Crippen LogP contribution in [-0.2, 0) is 18.3 Å². The van der Waals surface area contributed by atoms with Crippen LogP contribution in [0.1, 0.15) is 58.0 Å². The Morgan fingerprint density at radius 3 is 2.57 bits per heavy atom. The van der Waals surface area contributed by atoms with Crippen molar-refractivity contribution in [2.75, 3.05) is 38.6 Å². The number of anilines is 1. The molecule has 0 saturated carbocycles. The number of carbonyl (C=O) groups is 2. The van der Waals surface area contributed by atoms with Gasteiger partial charge >= 0.3 is 0 Å². The van der Waals surface area contributed by atoms with Crippen molar-refractivity contribution in [3.63, 3.8) is 0 Å². The van der Waals surface area contributed by atoms with Crippen LogP contribution in [0.5, 0.6) is 5.88 Å².